The Morgan fingerprint density at radius 3 is 2.38 bits per heavy atom. The Kier molecular flexibility index (Phi) is 7.28. The molecule has 7 heteroatoms. The average Bonchev–Trinajstić information content (AvgIpc) is 3.63. The molecule has 2 aliphatic rings. The number of piperidine rings is 1. The summed E-state index contributed by atoms with van der Waals surface area (Å²) in [5.74, 6) is 0.999. The fraction of sp³-hybridized carbons (Fsp3) is 0.480. The van der Waals surface area contributed by atoms with Crippen LogP contribution >= 0.6 is 0 Å². The van der Waals surface area contributed by atoms with E-state index in [-0.39, 0.29) is 10.8 Å². The Morgan fingerprint density at radius 2 is 1.69 bits per heavy atom. The van der Waals surface area contributed by atoms with Crippen molar-refractivity contribution in [3.05, 3.63) is 65.2 Å². The summed E-state index contributed by atoms with van der Waals surface area (Å²) in [7, 11) is -3.59. The molecule has 0 aromatic heterocycles. The van der Waals surface area contributed by atoms with Crippen LogP contribution in [0.25, 0.3) is 0 Å². The van der Waals surface area contributed by atoms with Crippen molar-refractivity contribution in [1.82, 2.24) is 14.9 Å². The van der Waals surface area contributed by atoms with Crippen molar-refractivity contribution in [2.45, 2.75) is 50.6 Å². The van der Waals surface area contributed by atoms with Crippen LogP contribution in [0.3, 0.4) is 0 Å². The first-order valence-corrected chi connectivity index (χ1v) is 13.1. The van der Waals surface area contributed by atoms with E-state index in [4.69, 9.17) is 0 Å². The first kappa shape index (κ1) is 23.0. The summed E-state index contributed by atoms with van der Waals surface area (Å²) < 4.78 is 27.6. The molecule has 0 radical (unpaired) electrons. The van der Waals surface area contributed by atoms with Gasteiger partial charge in [0.05, 0.1) is 4.90 Å². The van der Waals surface area contributed by atoms with Crippen molar-refractivity contribution in [3.8, 4) is 0 Å². The summed E-state index contributed by atoms with van der Waals surface area (Å²) in [5, 5.41) is 2.90. The van der Waals surface area contributed by atoms with Gasteiger partial charge in [-0.2, -0.15) is 0 Å². The van der Waals surface area contributed by atoms with E-state index in [0.29, 0.717) is 24.6 Å². The molecule has 1 aliphatic heterocycles. The maximum atomic E-state index is 12.6. The van der Waals surface area contributed by atoms with Crippen molar-refractivity contribution in [1.29, 1.82) is 0 Å². The summed E-state index contributed by atoms with van der Waals surface area (Å²) in [6.07, 6.45) is 4.68. The third-order valence-corrected chi connectivity index (χ3v) is 7.85. The van der Waals surface area contributed by atoms with E-state index in [1.807, 2.05) is 12.1 Å². The molecule has 172 valence electrons. The lowest BCUT2D eigenvalue weighted by Gasteiger charge is -2.30. The molecule has 0 spiro atoms. The number of benzene rings is 2. The monoisotopic (exact) mass is 455 g/mol. The SMILES string of the molecule is CC1CCN(Cc2ccc(CNC(=O)c3cccc(S(=O)(=O)NCC4CC4)c3)cc2)CC1. The molecule has 2 aromatic carbocycles. The van der Waals surface area contributed by atoms with Gasteiger partial charge in [-0.3, -0.25) is 9.69 Å². The molecule has 32 heavy (non-hydrogen) atoms. The highest BCUT2D eigenvalue weighted by molar-refractivity contribution is 7.89. The molecule has 1 saturated carbocycles. The Hall–Kier alpha value is -2.22. The number of nitrogens with zero attached hydrogens (tertiary/aromatic N) is 1. The maximum absolute atomic E-state index is 12.6. The summed E-state index contributed by atoms with van der Waals surface area (Å²) in [4.78, 5) is 15.2. The molecule has 4 rings (SSSR count). The van der Waals surface area contributed by atoms with Crippen LogP contribution in [0, 0.1) is 11.8 Å². The van der Waals surface area contributed by atoms with Crippen LogP contribution in [0.4, 0.5) is 0 Å². The number of hydrogen-bond donors (Lipinski definition) is 2. The predicted octanol–water partition coefficient (Wildman–Crippen LogP) is 3.54. The van der Waals surface area contributed by atoms with E-state index in [1.165, 1.54) is 30.5 Å². The van der Waals surface area contributed by atoms with E-state index in [1.54, 1.807) is 12.1 Å². The van der Waals surface area contributed by atoms with Crippen LogP contribution in [0.15, 0.2) is 53.4 Å². The largest absolute Gasteiger partial charge is 0.348 e. The van der Waals surface area contributed by atoms with Gasteiger partial charge in [0, 0.05) is 25.2 Å². The van der Waals surface area contributed by atoms with Gasteiger partial charge in [0.15, 0.2) is 0 Å². The number of carbonyl (C=O) groups is 1. The number of hydrogen-bond acceptors (Lipinski definition) is 4. The minimum atomic E-state index is -3.59. The summed E-state index contributed by atoms with van der Waals surface area (Å²) in [6.45, 7) is 6.47. The molecule has 6 nitrogen and oxygen atoms in total. The molecule has 2 aromatic rings. The van der Waals surface area contributed by atoms with Gasteiger partial charge < -0.3 is 5.32 Å². The molecule has 1 aliphatic carbocycles. The fourth-order valence-corrected chi connectivity index (χ4v) is 5.12. The molecule has 0 bridgehead atoms. The van der Waals surface area contributed by atoms with Crippen molar-refractivity contribution >= 4 is 15.9 Å². The quantitative estimate of drug-likeness (QED) is 0.606. The third kappa shape index (κ3) is 6.40. The van der Waals surface area contributed by atoms with E-state index in [9.17, 15) is 13.2 Å². The van der Waals surface area contributed by atoms with E-state index >= 15 is 0 Å². The van der Waals surface area contributed by atoms with E-state index in [0.717, 1.165) is 44.0 Å². The summed E-state index contributed by atoms with van der Waals surface area (Å²) >= 11 is 0. The zero-order valence-electron chi connectivity index (χ0n) is 18.7. The van der Waals surface area contributed by atoms with Crippen molar-refractivity contribution in [2.75, 3.05) is 19.6 Å². The highest BCUT2D eigenvalue weighted by Crippen LogP contribution is 2.28. The second-order valence-electron chi connectivity index (χ2n) is 9.28. The lowest BCUT2D eigenvalue weighted by Crippen LogP contribution is -2.32. The highest BCUT2D eigenvalue weighted by Gasteiger charge is 2.24. The Bertz CT molecular complexity index is 1020. The number of rotatable bonds is 9. The first-order valence-electron chi connectivity index (χ1n) is 11.6. The van der Waals surface area contributed by atoms with Gasteiger partial charge in [0.2, 0.25) is 10.0 Å². The topological polar surface area (TPSA) is 78.5 Å². The molecule has 1 amide bonds. The van der Waals surface area contributed by atoms with Gasteiger partial charge in [-0.15, -0.1) is 0 Å². The van der Waals surface area contributed by atoms with Gasteiger partial charge in [-0.25, -0.2) is 13.1 Å². The average molecular weight is 456 g/mol. The van der Waals surface area contributed by atoms with Crippen molar-refractivity contribution in [3.63, 3.8) is 0 Å². The van der Waals surface area contributed by atoms with Crippen LogP contribution in [0.1, 0.15) is 54.1 Å². The number of likely N-dealkylation sites (tertiary alicyclic amines) is 1. The minimum Gasteiger partial charge on any atom is -0.348 e. The summed E-state index contributed by atoms with van der Waals surface area (Å²) in [5.41, 5.74) is 2.64. The predicted molar refractivity (Wildman–Crippen MR) is 126 cm³/mol. The number of carbonyl (C=O) groups excluding carboxylic acids is 1. The maximum Gasteiger partial charge on any atom is 0.251 e. The lowest BCUT2D eigenvalue weighted by molar-refractivity contribution is 0.0950. The van der Waals surface area contributed by atoms with Crippen LogP contribution in [-0.4, -0.2) is 38.9 Å². The van der Waals surface area contributed by atoms with Gasteiger partial charge in [0.1, 0.15) is 0 Å². The normalized spacial score (nSPS) is 17.9. The zero-order chi connectivity index (χ0) is 22.6. The van der Waals surface area contributed by atoms with Gasteiger partial charge in [-0.05, 0) is 79.9 Å². The number of nitrogens with one attached hydrogen (secondary N) is 2. The minimum absolute atomic E-state index is 0.127. The van der Waals surface area contributed by atoms with E-state index in [2.05, 4.69) is 34.0 Å². The van der Waals surface area contributed by atoms with Crippen LogP contribution in [0.5, 0.6) is 0 Å². The molecule has 2 fully saturated rings. The number of amides is 1. The van der Waals surface area contributed by atoms with Gasteiger partial charge in [0.25, 0.3) is 5.91 Å². The zero-order valence-corrected chi connectivity index (χ0v) is 19.5. The Labute approximate surface area is 191 Å². The molecular formula is C25H33N3O3S. The third-order valence-electron chi connectivity index (χ3n) is 6.42. The smallest absolute Gasteiger partial charge is 0.251 e. The van der Waals surface area contributed by atoms with Crippen molar-refractivity contribution in [2.24, 2.45) is 11.8 Å². The molecule has 1 heterocycles. The molecule has 2 N–H and O–H groups in total. The van der Waals surface area contributed by atoms with Gasteiger partial charge in [-0.1, -0.05) is 37.3 Å². The fourth-order valence-electron chi connectivity index (χ4n) is 3.96. The second kappa shape index (κ2) is 10.1. The Morgan fingerprint density at radius 1 is 1.00 bits per heavy atom. The van der Waals surface area contributed by atoms with Crippen molar-refractivity contribution < 1.29 is 13.2 Å². The van der Waals surface area contributed by atoms with Crippen LogP contribution in [0.2, 0.25) is 0 Å². The Balaban J connectivity index is 1.29. The molecule has 0 atom stereocenters. The van der Waals surface area contributed by atoms with E-state index < -0.39 is 10.0 Å². The molecule has 0 unspecified atom stereocenters. The van der Waals surface area contributed by atoms with Crippen LogP contribution < -0.4 is 10.0 Å². The number of sulfonamides is 1. The molecular weight excluding hydrogens is 422 g/mol. The van der Waals surface area contributed by atoms with Crippen LogP contribution in [-0.2, 0) is 23.1 Å². The summed E-state index contributed by atoms with van der Waals surface area (Å²) in [6, 6.07) is 14.5. The second-order valence-corrected chi connectivity index (χ2v) is 11.0. The highest BCUT2D eigenvalue weighted by atomic mass is 32.2. The standard InChI is InChI=1S/C25H33N3O3S/c1-19-11-13-28(14-12-19)18-22-9-7-20(8-10-22)16-26-25(29)23-3-2-4-24(15-23)32(30,31)27-17-21-5-6-21/h2-4,7-10,15,19,21,27H,5-6,11-14,16-18H2,1H3,(H,26,29). The van der Waals surface area contributed by atoms with Gasteiger partial charge >= 0.3 is 0 Å². The first-order chi connectivity index (χ1) is 15.4. The molecule has 1 saturated heterocycles. The lowest BCUT2D eigenvalue weighted by atomic mass is 9.99.